The van der Waals surface area contributed by atoms with Crippen molar-refractivity contribution >= 4 is 43.4 Å². The number of rotatable bonds is 6. The van der Waals surface area contributed by atoms with E-state index in [1.807, 2.05) is 24.3 Å². The number of nitrogens with one attached hydrogen (secondary N) is 1. The van der Waals surface area contributed by atoms with Crippen LogP contribution in [0.2, 0.25) is 0 Å². The zero-order valence-corrected chi connectivity index (χ0v) is 19.4. The summed E-state index contributed by atoms with van der Waals surface area (Å²) in [5.74, 6) is 0.927. The van der Waals surface area contributed by atoms with Gasteiger partial charge in [0.15, 0.2) is 10.9 Å². The molecular weight excluding hydrogens is 462 g/mol. The topological polar surface area (TPSA) is 102 Å². The van der Waals surface area contributed by atoms with E-state index in [4.69, 9.17) is 9.15 Å². The maximum absolute atomic E-state index is 12.6. The summed E-state index contributed by atoms with van der Waals surface area (Å²) in [4.78, 5) is 17.3. The van der Waals surface area contributed by atoms with Crippen LogP contribution in [0, 0.1) is 0 Å². The van der Waals surface area contributed by atoms with E-state index in [0.29, 0.717) is 46.6 Å². The van der Waals surface area contributed by atoms with Crippen LogP contribution < -0.4 is 10.1 Å². The van der Waals surface area contributed by atoms with Crippen LogP contribution in [0.25, 0.3) is 22.4 Å². The van der Waals surface area contributed by atoms with Crippen molar-refractivity contribution in [2.45, 2.75) is 17.7 Å². The highest BCUT2D eigenvalue weighted by atomic mass is 32.2. The number of thiazole rings is 1. The van der Waals surface area contributed by atoms with Crippen LogP contribution in [0.1, 0.15) is 23.2 Å². The molecule has 1 N–H and O–H groups in total. The molecule has 4 aromatic rings. The van der Waals surface area contributed by atoms with Gasteiger partial charge in [-0.15, -0.1) is 11.3 Å². The highest BCUT2D eigenvalue weighted by molar-refractivity contribution is 7.89. The standard InChI is InChI=1S/C23H21N3O5S2/c1-30-17-7-4-16-12-21(31-20(16)13-17)19-14-32-23(24-19)25-22(27)15-5-8-18(9-6-15)33(28,29)26-10-2-3-11-26/h4-9,12-14H,2-3,10-11H2,1H3,(H,24,25,27). The minimum absolute atomic E-state index is 0.194. The third kappa shape index (κ3) is 4.24. The first-order valence-corrected chi connectivity index (χ1v) is 12.7. The monoisotopic (exact) mass is 483 g/mol. The summed E-state index contributed by atoms with van der Waals surface area (Å²) in [5, 5.41) is 5.91. The summed E-state index contributed by atoms with van der Waals surface area (Å²) < 4.78 is 37.9. The number of sulfonamides is 1. The highest BCUT2D eigenvalue weighted by Gasteiger charge is 2.27. The number of aromatic nitrogens is 1. The number of nitrogens with zero attached hydrogens (tertiary/aromatic N) is 2. The van der Waals surface area contributed by atoms with Gasteiger partial charge in [0.1, 0.15) is 17.0 Å². The van der Waals surface area contributed by atoms with Crippen molar-refractivity contribution in [1.29, 1.82) is 0 Å². The number of benzene rings is 2. The van der Waals surface area contributed by atoms with Crippen molar-refractivity contribution < 1.29 is 22.4 Å². The van der Waals surface area contributed by atoms with E-state index in [1.54, 1.807) is 12.5 Å². The Kier molecular flexibility index (Phi) is 5.65. The van der Waals surface area contributed by atoms with Gasteiger partial charge in [0.05, 0.1) is 12.0 Å². The van der Waals surface area contributed by atoms with Gasteiger partial charge in [0.2, 0.25) is 10.0 Å². The van der Waals surface area contributed by atoms with Gasteiger partial charge in [-0.25, -0.2) is 13.4 Å². The largest absolute Gasteiger partial charge is 0.497 e. The molecule has 0 atom stereocenters. The summed E-state index contributed by atoms with van der Waals surface area (Å²) in [7, 11) is -1.91. The quantitative estimate of drug-likeness (QED) is 0.430. The van der Waals surface area contributed by atoms with Gasteiger partial charge in [-0.2, -0.15) is 4.31 Å². The molecule has 1 saturated heterocycles. The second-order valence-electron chi connectivity index (χ2n) is 7.64. The number of carbonyl (C=O) groups excluding carboxylic acids is 1. The van der Waals surface area contributed by atoms with E-state index >= 15 is 0 Å². The Morgan fingerprint density at radius 2 is 1.88 bits per heavy atom. The van der Waals surface area contributed by atoms with Gasteiger partial charge >= 0.3 is 0 Å². The maximum Gasteiger partial charge on any atom is 0.257 e. The second kappa shape index (κ2) is 8.62. The molecule has 0 saturated carbocycles. The number of anilines is 1. The number of hydrogen-bond donors (Lipinski definition) is 1. The number of amides is 1. The summed E-state index contributed by atoms with van der Waals surface area (Å²) in [6.07, 6.45) is 1.75. The molecule has 0 spiro atoms. The van der Waals surface area contributed by atoms with Gasteiger partial charge in [0.25, 0.3) is 5.91 Å². The Bertz CT molecular complexity index is 1420. The van der Waals surface area contributed by atoms with Gasteiger partial charge in [-0.05, 0) is 55.3 Å². The summed E-state index contributed by atoms with van der Waals surface area (Å²) >= 11 is 1.28. The highest BCUT2D eigenvalue weighted by Crippen LogP contribution is 2.32. The summed E-state index contributed by atoms with van der Waals surface area (Å²) in [5.41, 5.74) is 1.65. The number of methoxy groups -OCH3 is 1. The van der Waals surface area contributed by atoms with Crippen LogP contribution >= 0.6 is 11.3 Å². The third-order valence-corrected chi connectivity index (χ3v) is 8.19. The lowest BCUT2D eigenvalue weighted by atomic mass is 10.2. The minimum atomic E-state index is -3.51. The molecule has 3 heterocycles. The fraction of sp³-hybridized carbons (Fsp3) is 0.217. The molecule has 0 unspecified atom stereocenters. The van der Waals surface area contributed by atoms with E-state index in [9.17, 15) is 13.2 Å². The normalized spacial score (nSPS) is 14.6. The summed E-state index contributed by atoms with van der Waals surface area (Å²) in [6.45, 7) is 1.07. The lowest BCUT2D eigenvalue weighted by molar-refractivity contribution is 0.102. The number of hydrogen-bond acceptors (Lipinski definition) is 7. The number of carbonyl (C=O) groups is 1. The molecule has 2 aromatic carbocycles. The SMILES string of the molecule is COc1ccc2cc(-c3csc(NC(=O)c4ccc(S(=O)(=O)N5CCCC5)cc4)n3)oc2c1. The minimum Gasteiger partial charge on any atom is -0.497 e. The van der Waals surface area contributed by atoms with Crippen molar-refractivity contribution in [3.63, 3.8) is 0 Å². The fourth-order valence-corrected chi connectivity index (χ4v) is 5.95. The van der Waals surface area contributed by atoms with Crippen LogP contribution in [-0.2, 0) is 10.0 Å². The average Bonchev–Trinajstić information content (AvgIpc) is 3.59. The molecule has 1 fully saturated rings. The van der Waals surface area contributed by atoms with Crippen molar-refractivity contribution in [2.24, 2.45) is 0 Å². The molecule has 33 heavy (non-hydrogen) atoms. The number of fused-ring (bicyclic) bond motifs is 1. The smallest absolute Gasteiger partial charge is 0.257 e. The first-order valence-electron chi connectivity index (χ1n) is 10.4. The Hall–Kier alpha value is -3.21. The van der Waals surface area contributed by atoms with Crippen molar-refractivity contribution in [3.05, 3.63) is 59.5 Å². The van der Waals surface area contributed by atoms with Crippen molar-refractivity contribution in [1.82, 2.24) is 9.29 Å². The maximum atomic E-state index is 12.6. The molecule has 1 aliphatic rings. The van der Waals surface area contributed by atoms with Crippen LogP contribution in [-0.4, -0.2) is 43.8 Å². The molecule has 170 valence electrons. The van der Waals surface area contributed by atoms with Crippen LogP contribution in [0.3, 0.4) is 0 Å². The van der Waals surface area contributed by atoms with Gasteiger partial charge < -0.3 is 9.15 Å². The lowest BCUT2D eigenvalue weighted by Crippen LogP contribution is -2.27. The molecule has 5 rings (SSSR count). The van der Waals surface area contributed by atoms with Gasteiger partial charge in [0, 0.05) is 35.5 Å². The van der Waals surface area contributed by atoms with Crippen molar-refractivity contribution in [3.8, 4) is 17.2 Å². The average molecular weight is 484 g/mol. The van der Waals surface area contributed by atoms with Crippen LogP contribution in [0.4, 0.5) is 5.13 Å². The Morgan fingerprint density at radius 3 is 2.61 bits per heavy atom. The van der Waals surface area contributed by atoms with E-state index < -0.39 is 10.0 Å². The lowest BCUT2D eigenvalue weighted by Gasteiger charge is -2.15. The summed E-state index contributed by atoms with van der Waals surface area (Å²) in [6, 6.07) is 13.4. The number of furan rings is 1. The Labute approximate surface area is 194 Å². The van der Waals surface area contributed by atoms with E-state index in [1.165, 1.54) is 39.9 Å². The zero-order valence-electron chi connectivity index (χ0n) is 17.8. The molecule has 1 amide bonds. The molecule has 0 aliphatic carbocycles. The first kappa shape index (κ1) is 21.6. The molecule has 0 bridgehead atoms. The first-order chi connectivity index (χ1) is 15.9. The predicted octanol–water partition coefficient (Wildman–Crippen LogP) is 4.60. The fourth-order valence-electron chi connectivity index (χ4n) is 3.73. The van der Waals surface area contributed by atoms with Gasteiger partial charge in [-0.1, -0.05) is 0 Å². The van der Waals surface area contributed by atoms with E-state index in [-0.39, 0.29) is 10.8 Å². The Morgan fingerprint density at radius 1 is 1.12 bits per heavy atom. The molecule has 0 radical (unpaired) electrons. The predicted molar refractivity (Wildman–Crippen MR) is 126 cm³/mol. The van der Waals surface area contributed by atoms with E-state index in [0.717, 1.165) is 18.2 Å². The van der Waals surface area contributed by atoms with Crippen molar-refractivity contribution in [2.75, 3.05) is 25.5 Å². The Balaban J connectivity index is 1.30. The molecule has 10 heteroatoms. The number of ether oxygens (including phenoxy) is 1. The third-order valence-electron chi connectivity index (χ3n) is 5.52. The van der Waals surface area contributed by atoms with Gasteiger partial charge in [-0.3, -0.25) is 10.1 Å². The molecular formula is C23H21N3O5S2. The van der Waals surface area contributed by atoms with E-state index in [2.05, 4.69) is 10.3 Å². The molecule has 1 aliphatic heterocycles. The molecule has 2 aromatic heterocycles. The zero-order chi connectivity index (χ0) is 23.0. The second-order valence-corrected chi connectivity index (χ2v) is 10.4. The van der Waals surface area contributed by atoms with Crippen LogP contribution in [0.15, 0.2) is 63.2 Å². The molecule has 8 nitrogen and oxygen atoms in total. The van der Waals surface area contributed by atoms with Crippen LogP contribution in [0.5, 0.6) is 5.75 Å².